The van der Waals surface area contributed by atoms with Crippen LogP contribution in [0.4, 0.5) is 4.79 Å². The standard InChI is InChI=1S/C39H66N2O5/c1-26(2)10-9-11-27(3)32-15-16-33-31-14-13-29-22-30(17-19-38(29,4)34(31)18-20-39(32,33)5)46-37(45)40-21-8-6-7-12-36(44)41-23-28(25-42)35(43)24-41/h13,26-28,30-35,42-43H,6-12,14-25H2,1-5H3,(H,40,45)/t27?,28?,30-,31?,32+,33?,34?,35?,38-,39+/m0/s1. The molecule has 0 spiro atoms. The summed E-state index contributed by atoms with van der Waals surface area (Å²) < 4.78 is 5.94. The number of hydrogen-bond donors (Lipinski definition) is 3. The Kier molecular flexibility index (Phi) is 11.9. The SMILES string of the molecule is CC(C)CCCC(C)[C@H]1CCC2C3CC=C4C[C@@H](OC(=O)NCCCCCC(=O)N5CC(O)C(CO)C5)CC[C@]4(C)C3CC[C@@]21C. The van der Waals surface area contributed by atoms with Gasteiger partial charge in [0.2, 0.25) is 5.91 Å². The van der Waals surface area contributed by atoms with E-state index in [1.165, 1.54) is 51.4 Å². The second-order valence-corrected chi connectivity index (χ2v) is 17.1. The largest absolute Gasteiger partial charge is 0.446 e. The number of unbranched alkanes of at least 4 members (excludes halogenated alkanes) is 2. The Morgan fingerprint density at radius 3 is 2.54 bits per heavy atom. The molecule has 7 heteroatoms. The van der Waals surface area contributed by atoms with E-state index in [9.17, 15) is 19.8 Å². The monoisotopic (exact) mass is 642 g/mol. The second-order valence-electron chi connectivity index (χ2n) is 17.1. The molecule has 0 aromatic carbocycles. The summed E-state index contributed by atoms with van der Waals surface area (Å²) in [6.07, 6.45) is 18.4. The number of allylic oxidation sites excluding steroid dienone is 1. The van der Waals surface area contributed by atoms with Gasteiger partial charge in [-0.3, -0.25) is 4.79 Å². The van der Waals surface area contributed by atoms with Crippen LogP contribution in [0.3, 0.4) is 0 Å². The highest BCUT2D eigenvalue weighted by atomic mass is 16.6. The minimum absolute atomic E-state index is 0.0341. The maximum Gasteiger partial charge on any atom is 0.407 e. The van der Waals surface area contributed by atoms with E-state index in [2.05, 4.69) is 46.0 Å². The molecule has 46 heavy (non-hydrogen) atoms. The zero-order valence-electron chi connectivity index (χ0n) is 29.8. The molecule has 5 rings (SSSR count). The van der Waals surface area contributed by atoms with Crippen molar-refractivity contribution in [1.29, 1.82) is 0 Å². The minimum atomic E-state index is -0.630. The zero-order chi connectivity index (χ0) is 33.1. The van der Waals surface area contributed by atoms with Crippen molar-refractivity contribution < 1.29 is 24.5 Å². The number of amides is 2. The average Bonchev–Trinajstić information content (AvgIpc) is 3.58. The van der Waals surface area contributed by atoms with Gasteiger partial charge in [-0.1, -0.05) is 72.0 Å². The van der Waals surface area contributed by atoms with Crippen LogP contribution < -0.4 is 5.32 Å². The van der Waals surface area contributed by atoms with Crippen LogP contribution in [0.5, 0.6) is 0 Å². The van der Waals surface area contributed by atoms with E-state index in [1.54, 1.807) is 10.5 Å². The maximum absolute atomic E-state index is 12.7. The molecule has 5 aliphatic rings. The highest BCUT2D eigenvalue weighted by Crippen LogP contribution is 2.67. The van der Waals surface area contributed by atoms with Crippen LogP contribution in [-0.4, -0.2) is 65.6 Å². The van der Waals surface area contributed by atoms with Crippen LogP contribution in [-0.2, 0) is 9.53 Å². The molecule has 1 heterocycles. The molecule has 262 valence electrons. The van der Waals surface area contributed by atoms with Crippen molar-refractivity contribution in [1.82, 2.24) is 10.2 Å². The number of ether oxygens (including phenoxy) is 1. The Balaban J connectivity index is 1.03. The maximum atomic E-state index is 12.7. The lowest BCUT2D eigenvalue weighted by molar-refractivity contribution is -0.130. The summed E-state index contributed by atoms with van der Waals surface area (Å²) in [6.45, 7) is 13.7. The Hall–Kier alpha value is -1.60. The number of carbonyl (C=O) groups is 2. The first-order chi connectivity index (χ1) is 22.0. The first kappa shape index (κ1) is 35.7. The molecule has 7 nitrogen and oxygen atoms in total. The normalized spacial score (nSPS) is 37.7. The lowest BCUT2D eigenvalue weighted by Gasteiger charge is -2.58. The molecular weight excluding hydrogens is 576 g/mol. The van der Waals surface area contributed by atoms with Gasteiger partial charge in [-0.15, -0.1) is 0 Å². The van der Waals surface area contributed by atoms with Crippen molar-refractivity contribution in [3.63, 3.8) is 0 Å². The van der Waals surface area contributed by atoms with E-state index in [4.69, 9.17) is 4.74 Å². The molecule has 1 saturated heterocycles. The quantitative estimate of drug-likeness (QED) is 0.143. The Morgan fingerprint density at radius 2 is 1.80 bits per heavy atom. The number of likely N-dealkylation sites (tertiary alicyclic amines) is 1. The number of aliphatic hydroxyl groups is 2. The fourth-order valence-corrected chi connectivity index (χ4v) is 11.1. The third-order valence-electron chi connectivity index (χ3n) is 13.9. The van der Waals surface area contributed by atoms with Crippen molar-refractivity contribution in [3.8, 4) is 0 Å². The van der Waals surface area contributed by atoms with Gasteiger partial charge in [-0.05, 0) is 104 Å². The van der Waals surface area contributed by atoms with Crippen LogP contribution >= 0.6 is 0 Å². The number of rotatable bonds is 13. The highest BCUT2D eigenvalue weighted by Gasteiger charge is 2.59. The second kappa shape index (κ2) is 15.3. The molecule has 0 aromatic heterocycles. The number of β-amino-alcohol motifs (C(OH)–C–C–N with tert-alkyl or cyclic N) is 1. The van der Waals surface area contributed by atoms with Gasteiger partial charge >= 0.3 is 6.09 Å². The molecule has 4 aliphatic carbocycles. The van der Waals surface area contributed by atoms with Crippen LogP contribution in [0.25, 0.3) is 0 Å². The van der Waals surface area contributed by atoms with Crippen molar-refractivity contribution in [2.75, 3.05) is 26.2 Å². The van der Waals surface area contributed by atoms with Crippen molar-refractivity contribution >= 4 is 12.0 Å². The highest BCUT2D eigenvalue weighted by molar-refractivity contribution is 5.76. The zero-order valence-corrected chi connectivity index (χ0v) is 29.8. The first-order valence-electron chi connectivity index (χ1n) is 19.2. The number of nitrogens with one attached hydrogen (secondary N) is 1. The third-order valence-corrected chi connectivity index (χ3v) is 13.9. The number of fused-ring (bicyclic) bond motifs is 5. The van der Waals surface area contributed by atoms with E-state index in [0.29, 0.717) is 31.5 Å². The van der Waals surface area contributed by atoms with Crippen molar-refractivity contribution in [2.24, 2.45) is 52.3 Å². The predicted octanol–water partition coefficient (Wildman–Crippen LogP) is 7.49. The molecule has 1 aliphatic heterocycles. The van der Waals surface area contributed by atoms with E-state index in [0.717, 1.165) is 74.0 Å². The molecule has 0 aromatic rings. The summed E-state index contributed by atoms with van der Waals surface area (Å²) in [4.78, 5) is 26.7. The number of carbonyl (C=O) groups excluding carboxylic acids is 2. The Bertz CT molecular complexity index is 1080. The summed E-state index contributed by atoms with van der Waals surface area (Å²) in [6, 6.07) is 0. The number of alkyl carbamates (subject to hydrolysis) is 1. The van der Waals surface area contributed by atoms with Gasteiger partial charge in [-0.2, -0.15) is 0 Å². The van der Waals surface area contributed by atoms with Gasteiger partial charge in [-0.25, -0.2) is 4.79 Å². The summed E-state index contributed by atoms with van der Waals surface area (Å²) >= 11 is 0. The molecule has 3 saturated carbocycles. The minimum Gasteiger partial charge on any atom is -0.446 e. The Labute approximate surface area is 279 Å². The van der Waals surface area contributed by atoms with E-state index >= 15 is 0 Å². The topological polar surface area (TPSA) is 99.1 Å². The predicted molar refractivity (Wildman–Crippen MR) is 183 cm³/mol. The number of nitrogens with zero attached hydrogens (tertiary/aromatic N) is 1. The van der Waals surface area contributed by atoms with E-state index in [1.807, 2.05) is 0 Å². The van der Waals surface area contributed by atoms with Crippen LogP contribution in [0.1, 0.15) is 131 Å². The van der Waals surface area contributed by atoms with E-state index < -0.39 is 6.10 Å². The first-order valence-corrected chi connectivity index (χ1v) is 19.2. The third kappa shape index (κ3) is 7.66. The van der Waals surface area contributed by atoms with Crippen LogP contribution in [0.2, 0.25) is 0 Å². The lowest BCUT2D eigenvalue weighted by atomic mass is 9.47. The average molecular weight is 643 g/mol. The van der Waals surface area contributed by atoms with Crippen molar-refractivity contribution in [3.05, 3.63) is 11.6 Å². The molecule has 0 radical (unpaired) electrons. The van der Waals surface area contributed by atoms with Gasteiger partial charge in [0, 0.05) is 38.4 Å². The van der Waals surface area contributed by atoms with E-state index in [-0.39, 0.29) is 36.0 Å². The van der Waals surface area contributed by atoms with Crippen LogP contribution in [0, 0.1) is 52.3 Å². The molecule has 0 bridgehead atoms. The molecular formula is C39H66N2O5. The summed E-state index contributed by atoms with van der Waals surface area (Å²) in [5, 5.41) is 22.2. The Morgan fingerprint density at radius 1 is 1.00 bits per heavy atom. The molecule has 10 atom stereocenters. The van der Waals surface area contributed by atoms with Gasteiger partial charge in [0.1, 0.15) is 6.10 Å². The van der Waals surface area contributed by atoms with Crippen LogP contribution in [0.15, 0.2) is 11.6 Å². The summed E-state index contributed by atoms with van der Waals surface area (Å²) in [5.74, 6) is 4.80. The smallest absolute Gasteiger partial charge is 0.407 e. The fraction of sp³-hybridized carbons (Fsp3) is 0.897. The van der Waals surface area contributed by atoms with Gasteiger partial charge < -0.3 is 25.2 Å². The molecule has 2 amide bonds. The van der Waals surface area contributed by atoms with Gasteiger partial charge in [0.15, 0.2) is 0 Å². The molecule has 4 fully saturated rings. The summed E-state index contributed by atoms with van der Waals surface area (Å²) in [5.41, 5.74) is 2.32. The fourth-order valence-electron chi connectivity index (χ4n) is 11.1. The number of hydrogen-bond acceptors (Lipinski definition) is 5. The molecule has 6 unspecified atom stereocenters. The molecule has 3 N–H and O–H groups in total. The summed E-state index contributed by atoms with van der Waals surface area (Å²) in [7, 11) is 0. The van der Waals surface area contributed by atoms with Gasteiger partial charge in [0.05, 0.1) is 12.7 Å². The number of aliphatic hydroxyl groups excluding tert-OH is 2. The lowest BCUT2D eigenvalue weighted by Crippen LogP contribution is -2.51. The van der Waals surface area contributed by atoms with Gasteiger partial charge in [0.25, 0.3) is 0 Å². The van der Waals surface area contributed by atoms with Crippen molar-refractivity contribution in [2.45, 2.75) is 143 Å².